The third-order valence-corrected chi connectivity index (χ3v) is 12.0. The predicted molar refractivity (Wildman–Crippen MR) is 182 cm³/mol. The van der Waals surface area contributed by atoms with E-state index in [1.54, 1.807) is 11.0 Å². The van der Waals surface area contributed by atoms with Crippen LogP contribution >= 0.6 is 19.6 Å². The highest BCUT2D eigenvalue weighted by Gasteiger charge is 2.59. The largest absolute Gasteiger partial charge is 0.510 e. The summed E-state index contributed by atoms with van der Waals surface area (Å²) < 4.78 is 84.0. The summed E-state index contributed by atoms with van der Waals surface area (Å²) in [6.45, 7) is -3.01. The second-order valence-corrected chi connectivity index (χ2v) is 15.2. The number of halogens is 2. The van der Waals surface area contributed by atoms with Gasteiger partial charge in [-0.05, 0) is 55.4 Å². The summed E-state index contributed by atoms with van der Waals surface area (Å²) in [5.41, 5.74) is 0.0425. The molecule has 0 bridgehead atoms. The number of methoxy groups -OCH3 is 2. The molecule has 7 rings (SSSR count). The van der Waals surface area contributed by atoms with E-state index in [2.05, 4.69) is 18.9 Å². The zero-order valence-corrected chi connectivity index (χ0v) is 30.6. The van der Waals surface area contributed by atoms with Crippen molar-refractivity contribution in [1.29, 1.82) is 0 Å². The Bertz CT molecular complexity index is 2060. The molecule has 288 valence electrons. The first-order valence-electron chi connectivity index (χ1n) is 16.7. The Kier molecular flexibility index (Phi) is 10.6. The van der Waals surface area contributed by atoms with Crippen molar-refractivity contribution in [2.75, 3.05) is 39.6 Å². The van der Waals surface area contributed by atoms with E-state index < -0.39 is 87.0 Å². The maximum atomic E-state index is 15.6. The normalized spacial score (nSPS) is 19.4. The summed E-state index contributed by atoms with van der Waals surface area (Å²) >= 11 is 1.37. The molecule has 1 amide bonds. The van der Waals surface area contributed by atoms with Gasteiger partial charge in [0, 0.05) is 34.0 Å². The Hall–Kier alpha value is -4.68. The number of aromatic nitrogens is 1. The average Bonchev–Trinajstić information content (AvgIpc) is 3.96. The number of hydrogen-bond acceptors (Lipinski definition) is 15. The number of amides is 1. The minimum Gasteiger partial charge on any atom is -0.460 e. The van der Waals surface area contributed by atoms with Gasteiger partial charge in [0.05, 0.1) is 20.3 Å². The van der Waals surface area contributed by atoms with Crippen LogP contribution in [0.4, 0.5) is 18.4 Å². The minimum atomic E-state index is -4.78. The summed E-state index contributed by atoms with van der Waals surface area (Å²) in [5, 5.41) is 1.91. The van der Waals surface area contributed by atoms with E-state index in [4.69, 9.17) is 18.3 Å². The van der Waals surface area contributed by atoms with Crippen LogP contribution in [0.1, 0.15) is 65.3 Å². The molecule has 1 saturated heterocycles. The van der Waals surface area contributed by atoms with Gasteiger partial charge in [0.1, 0.15) is 6.17 Å². The molecule has 1 saturated carbocycles. The fraction of sp³-hybridized carbons (Fsp3) is 0.412. The van der Waals surface area contributed by atoms with Crippen molar-refractivity contribution in [2.24, 2.45) is 0 Å². The highest BCUT2D eigenvalue weighted by Crippen LogP contribution is 2.55. The van der Waals surface area contributed by atoms with Crippen LogP contribution in [0.3, 0.4) is 0 Å². The molecule has 3 aliphatic heterocycles. The van der Waals surface area contributed by atoms with E-state index in [9.17, 15) is 28.1 Å². The number of fused-ring (bicyclic) bond motifs is 5. The Morgan fingerprint density at radius 3 is 2.28 bits per heavy atom. The van der Waals surface area contributed by atoms with Crippen molar-refractivity contribution in [1.82, 2.24) is 9.58 Å². The first kappa shape index (κ1) is 37.6. The summed E-state index contributed by atoms with van der Waals surface area (Å²) in [6.07, 6.45) is 2.02. The lowest BCUT2D eigenvalue weighted by atomic mass is 9.90. The first-order valence-corrected chi connectivity index (χ1v) is 19.1. The van der Waals surface area contributed by atoms with E-state index in [0.717, 1.165) is 56.4 Å². The topological polar surface area (TPSA) is 171 Å². The number of rotatable bonds is 11. The van der Waals surface area contributed by atoms with Gasteiger partial charge < -0.3 is 28.6 Å². The predicted octanol–water partition coefficient (Wildman–Crippen LogP) is 5.93. The molecule has 4 heterocycles. The van der Waals surface area contributed by atoms with Crippen LogP contribution in [0.25, 0.3) is 0 Å². The van der Waals surface area contributed by atoms with E-state index in [1.165, 1.54) is 28.7 Å². The maximum absolute atomic E-state index is 15.6. The second-order valence-electron chi connectivity index (χ2n) is 12.5. The van der Waals surface area contributed by atoms with Gasteiger partial charge >= 0.3 is 20.1 Å². The zero-order chi connectivity index (χ0) is 38.2. The van der Waals surface area contributed by atoms with Crippen LogP contribution in [0, 0.1) is 11.6 Å². The molecule has 2 aromatic carbocycles. The Morgan fingerprint density at radius 2 is 1.59 bits per heavy atom. The Morgan fingerprint density at radius 1 is 0.907 bits per heavy atom. The molecule has 20 heteroatoms. The fourth-order valence-electron chi connectivity index (χ4n) is 7.11. The van der Waals surface area contributed by atoms with E-state index >= 15 is 4.39 Å². The molecule has 0 radical (unpaired) electrons. The number of carbonyl (C=O) groups is 3. The van der Waals surface area contributed by atoms with Crippen molar-refractivity contribution in [3.63, 3.8) is 0 Å². The van der Waals surface area contributed by atoms with Crippen molar-refractivity contribution in [3.05, 3.63) is 92.9 Å². The Balaban J connectivity index is 1.28. The summed E-state index contributed by atoms with van der Waals surface area (Å²) in [7, 11) is -2.73. The van der Waals surface area contributed by atoms with E-state index in [-0.39, 0.29) is 17.0 Å². The molecule has 2 atom stereocenters. The van der Waals surface area contributed by atoms with Gasteiger partial charge in [-0.3, -0.25) is 19.3 Å². The fourth-order valence-corrected chi connectivity index (χ4v) is 9.00. The quantitative estimate of drug-likeness (QED) is 0.127. The van der Waals surface area contributed by atoms with Gasteiger partial charge in [-0.25, -0.2) is 36.5 Å². The molecule has 16 nitrogen and oxygen atoms in total. The van der Waals surface area contributed by atoms with Crippen molar-refractivity contribution in [2.45, 2.75) is 60.5 Å². The summed E-state index contributed by atoms with van der Waals surface area (Å²) in [5.74, 6) is -2.77. The van der Waals surface area contributed by atoms with Gasteiger partial charge in [-0.15, -0.1) is 11.8 Å². The van der Waals surface area contributed by atoms with Crippen molar-refractivity contribution in [3.8, 4) is 5.75 Å². The van der Waals surface area contributed by atoms with Gasteiger partial charge in [0.25, 0.3) is 5.91 Å². The lowest BCUT2D eigenvalue weighted by Crippen LogP contribution is -2.67. The third-order valence-electron chi connectivity index (χ3n) is 9.65. The highest BCUT2D eigenvalue weighted by molar-refractivity contribution is 7.98. The molecule has 0 N–H and O–H groups in total. The molecule has 1 spiro atoms. The summed E-state index contributed by atoms with van der Waals surface area (Å²) in [4.78, 5) is 53.6. The minimum absolute atomic E-state index is 0.153. The maximum Gasteiger partial charge on any atom is 0.510 e. The number of pyridine rings is 1. The van der Waals surface area contributed by atoms with E-state index in [0.29, 0.717) is 12.0 Å². The van der Waals surface area contributed by atoms with Gasteiger partial charge in [-0.1, -0.05) is 24.3 Å². The number of piperidine rings is 1. The zero-order valence-electron chi connectivity index (χ0n) is 28.9. The molecule has 1 aliphatic carbocycles. The molecular formula is C34H34F2N3O13PS. The number of phosphoric acid groups is 1. The average molecular weight is 794 g/mol. The van der Waals surface area contributed by atoms with Gasteiger partial charge in [0.2, 0.25) is 31.6 Å². The second kappa shape index (κ2) is 15.2. The van der Waals surface area contributed by atoms with Crippen molar-refractivity contribution >= 4 is 37.8 Å². The number of ether oxygens (including phenoxy) is 5. The number of thioether (sulfide) groups is 1. The first-order chi connectivity index (χ1) is 26.0. The molecule has 2 fully saturated rings. The standard InChI is InChI=1S/C34H34F2N3O13PS/c1-45-32(42)48-18-51-53(44,52-19-49-33(43)46-2)50-17-47-30-24(40)11-15-37-29(30)31(41)38-26(8-5-12-34(38)13-14-34)39(37)28-20-9-10-23(35)27(36)22(20)16-54-25-7-4-3-6-21(25)28/h3-4,6-7,9-11,15,26,28H,5,8,12-14,16-19H2,1-2H3/t26-,28+/m1/s1. The van der Waals surface area contributed by atoms with Crippen LogP contribution < -0.4 is 15.2 Å². The Labute approximate surface area is 310 Å². The lowest BCUT2D eigenvalue weighted by Gasteiger charge is -2.55. The van der Waals surface area contributed by atoms with Gasteiger partial charge in [-0.2, -0.15) is 0 Å². The molecule has 54 heavy (non-hydrogen) atoms. The number of carbonyl (C=O) groups excluding carboxylic acids is 3. The van der Waals surface area contributed by atoms with Crippen LogP contribution in [0.2, 0.25) is 0 Å². The van der Waals surface area contributed by atoms with Crippen LogP contribution in [0.15, 0.2) is 58.4 Å². The third kappa shape index (κ3) is 7.01. The number of hydrogen-bond donors (Lipinski definition) is 0. The summed E-state index contributed by atoms with van der Waals surface area (Å²) in [6, 6.07) is 10.6. The molecule has 0 unspecified atom stereocenters. The van der Waals surface area contributed by atoms with E-state index in [1.807, 2.05) is 29.3 Å². The molecule has 3 aromatic rings. The van der Waals surface area contributed by atoms with Crippen LogP contribution in [-0.4, -0.2) is 74.1 Å². The number of nitrogens with zero attached hydrogens (tertiary/aromatic N) is 3. The lowest BCUT2D eigenvalue weighted by molar-refractivity contribution is -0.0430. The molecule has 1 aromatic heterocycles. The monoisotopic (exact) mass is 793 g/mol. The van der Waals surface area contributed by atoms with Crippen LogP contribution in [-0.2, 0) is 42.8 Å². The molecular weight excluding hydrogens is 759 g/mol. The van der Waals surface area contributed by atoms with Gasteiger partial charge in [0.15, 0.2) is 17.3 Å². The number of phosphoric ester groups is 1. The number of benzene rings is 2. The van der Waals surface area contributed by atoms with Crippen molar-refractivity contribution < 1.29 is 65.0 Å². The highest BCUT2D eigenvalue weighted by atomic mass is 32.2. The smallest absolute Gasteiger partial charge is 0.460 e. The molecule has 4 aliphatic rings. The SMILES string of the molecule is COC(=O)OCOP(=O)(OCOC(=O)OC)OCOc1c2n(ccc1=O)N([C@@H]1c3ccccc3SCc3c1ccc(F)c3F)[C@@H]1CCCC3(CC3)N1C2=O. The van der Waals surface area contributed by atoms with Crippen LogP contribution in [0.5, 0.6) is 5.75 Å².